The summed E-state index contributed by atoms with van der Waals surface area (Å²) in [5, 5.41) is 9.69. The molecule has 0 bridgehead atoms. The number of rotatable bonds is 4. The Hall–Kier alpha value is -1.80. The van der Waals surface area contributed by atoms with Crippen molar-refractivity contribution in [3.63, 3.8) is 0 Å². The third-order valence-corrected chi connectivity index (χ3v) is 2.48. The molecule has 2 aromatic rings. The van der Waals surface area contributed by atoms with E-state index in [1.54, 1.807) is 0 Å². The van der Waals surface area contributed by atoms with Crippen LogP contribution in [0.5, 0.6) is 5.75 Å². The van der Waals surface area contributed by atoms with E-state index in [-0.39, 0.29) is 0 Å². The van der Waals surface area contributed by atoms with Crippen LogP contribution >= 0.6 is 0 Å². The van der Waals surface area contributed by atoms with Crippen molar-refractivity contribution in [2.24, 2.45) is 0 Å². The fourth-order valence-corrected chi connectivity index (χ4v) is 1.66. The summed E-state index contributed by atoms with van der Waals surface area (Å²) >= 11 is 0. The van der Waals surface area contributed by atoms with E-state index >= 15 is 0 Å². The third-order valence-electron chi connectivity index (χ3n) is 2.48. The molecule has 2 aromatic carbocycles. The van der Waals surface area contributed by atoms with Crippen molar-refractivity contribution in [2.45, 2.75) is 12.2 Å². The minimum Gasteiger partial charge on any atom is -0.483 e. The van der Waals surface area contributed by atoms with Crippen LogP contribution in [0.3, 0.4) is 0 Å². The van der Waals surface area contributed by atoms with Gasteiger partial charge in [-0.15, -0.1) is 0 Å². The molecule has 1 N–H and O–H groups in total. The minimum atomic E-state index is -0.808. The first kappa shape index (κ1) is 11.7. The van der Waals surface area contributed by atoms with Crippen molar-refractivity contribution in [3.8, 4) is 5.75 Å². The molecule has 0 heterocycles. The van der Waals surface area contributed by atoms with E-state index in [0.29, 0.717) is 0 Å². The molecule has 0 spiro atoms. The zero-order chi connectivity index (χ0) is 12.1. The second-order valence-electron chi connectivity index (χ2n) is 3.83. The first-order valence-corrected chi connectivity index (χ1v) is 5.55. The van der Waals surface area contributed by atoms with Gasteiger partial charge in [-0.3, -0.25) is 0 Å². The Morgan fingerprint density at radius 2 is 1.41 bits per heavy atom. The van der Waals surface area contributed by atoms with E-state index in [1.165, 1.54) is 0 Å². The SMILES string of the molecule is [CH2]C(O)C(Oc1ccccc1)c1ccccc1. The van der Waals surface area contributed by atoms with Crippen LogP contribution in [0.25, 0.3) is 0 Å². The summed E-state index contributed by atoms with van der Waals surface area (Å²) in [6.07, 6.45) is -1.25. The summed E-state index contributed by atoms with van der Waals surface area (Å²) in [6.45, 7) is 3.64. The number of benzene rings is 2. The Bertz CT molecular complexity index is 437. The molecule has 0 amide bonds. The summed E-state index contributed by atoms with van der Waals surface area (Å²) in [6, 6.07) is 19.0. The molecule has 0 aromatic heterocycles. The summed E-state index contributed by atoms with van der Waals surface area (Å²) in [4.78, 5) is 0. The number of aliphatic hydroxyl groups excluding tert-OH is 1. The molecule has 0 saturated carbocycles. The van der Waals surface area contributed by atoms with Crippen LogP contribution in [-0.2, 0) is 0 Å². The van der Waals surface area contributed by atoms with E-state index in [9.17, 15) is 5.11 Å². The highest BCUT2D eigenvalue weighted by molar-refractivity contribution is 5.25. The maximum Gasteiger partial charge on any atom is 0.149 e. The molecule has 0 fully saturated rings. The zero-order valence-corrected chi connectivity index (χ0v) is 9.49. The van der Waals surface area contributed by atoms with Gasteiger partial charge in [0, 0.05) is 0 Å². The lowest BCUT2D eigenvalue weighted by molar-refractivity contribution is 0.0649. The fourth-order valence-electron chi connectivity index (χ4n) is 1.66. The molecule has 1 radical (unpaired) electrons. The van der Waals surface area contributed by atoms with Crippen LogP contribution in [0.1, 0.15) is 11.7 Å². The van der Waals surface area contributed by atoms with Crippen molar-refractivity contribution in [3.05, 3.63) is 73.2 Å². The van der Waals surface area contributed by atoms with Crippen molar-refractivity contribution < 1.29 is 9.84 Å². The summed E-state index contributed by atoms with van der Waals surface area (Å²) < 4.78 is 5.75. The van der Waals surface area contributed by atoms with Gasteiger partial charge < -0.3 is 9.84 Å². The second-order valence-corrected chi connectivity index (χ2v) is 3.83. The van der Waals surface area contributed by atoms with Crippen LogP contribution in [0.2, 0.25) is 0 Å². The smallest absolute Gasteiger partial charge is 0.149 e. The Morgan fingerprint density at radius 3 is 1.94 bits per heavy atom. The molecule has 0 aliphatic carbocycles. The van der Waals surface area contributed by atoms with E-state index in [2.05, 4.69) is 6.92 Å². The van der Waals surface area contributed by atoms with Gasteiger partial charge in [0.2, 0.25) is 0 Å². The van der Waals surface area contributed by atoms with Crippen LogP contribution in [0, 0.1) is 6.92 Å². The number of para-hydroxylation sites is 1. The predicted molar refractivity (Wildman–Crippen MR) is 67.6 cm³/mol. The van der Waals surface area contributed by atoms with Crippen LogP contribution in [0.4, 0.5) is 0 Å². The van der Waals surface area contributed by atoms with Crippen molar-refractivity contribution in [1.82, 2.24) is 0 Å². The van der Waals surface area contributed by atoms with Gasteiger partial charge in [0.05, 0.1) is 6.10 Å². The molecule has 0 saturated heterocycles. The first-order valence-electron chi connectivity index (χ1n) is 5.55. The highest BCUT2D eigenvalue weighted by atomic mass is 16.5. The average molecular weight is 227 g/mol. The Morgan fingerprint density at radius 1 is 0.882 bits per heavy atom. The van der Waals surface area contributed by atoms with Crippen LogP contribution in [-0.4, -0.2) is 11.2 Å². The number of hydrogen-bond acceptors (Lipinski definition) is 2. The van der Waals surface area contributed by atoms with Gasteiger partial charge >= 0.3 is 0 Å². The number of hydrogen-bond donors (Lipinski definition) is 1. The molecule has 0 aliphatic rings. The standard InChI is InChI=1S/C15H15O2/c1-12(16)15(13-8-4-2-5-9-13)17-14-10-6-3-7-11-14/h2-12,15-16H,1H2. The lowest BCUT2D eigenvalue weighted by Crippen LogP contribution is -2.20. The lowest BCUT2D eigenvalue weighted by atomic mass is 10.1. The van der Waals surface area contributed by atoms with Gasteiger partial charge in [0.1, 0.15) is 11.9 Å². The van der Waals surface area contributed by atoms with Gasteiger partial charge in [0.15, 0.2) is 0 Å². The van der Waals surface area contributed by atoms with Crippen molar-refractivity contribution in [2.75, 3.05) is 0 Å². The topological polar surface area (TPSA) is 29.5 Å². The Labute approximate surface area is 101 Å². The summed E-state index contributed by atoms with van der Waals surface area (Å²) in [5.74, 6) is 0.726. The minimum absolute atomic E-state index is 0.446. The van der Waals surface area contributed by atoms with Crippen LogP contribution < -0.4 is 4.74 Å². The molecular formula is C15H15O2. The zero-order valence-electron chi connectivity index (χ0n) is 9.49. The second kappa shape index (κ2) is 5.51. The fraction of sp³-hybridized carbons (Fsp3) is 0.133. The maximum absolute atomic E-state index is 9.69. The molecule has 2 atom stereocenters. The van der Waals surface area contributed by atoms with Gasteiger partial charge in [0.25, 0.3) is 0 Å². The first-order chi connectivity index (χ1) is 8.27. The van der Waals surface area contributed by atoms with Gasteiger partial charge in [-0.25, -0.2) is 0 Å². The molecular weight excluding hydrogens is 212 g/mol. The lowest BCUT2D eigenvalue weighted by Gasteiger charge is -2.22. The summed E-state index contributed by atoms with van der Waals surface area (Å²) in [7, 11) is 0. The van der Waals surface area contributed by atoms with Gasteiger partial charge in [-0.05, 0) is 24.6 Å². The van der Waals surface area contributed by atoms with Gasteiger partial charge in [-0.2, -0.15) is 0 Å². The van der Waals surface area contributed by atoms with E-state index in [1.807, 2.05) is 60.7 Å². The van der Waals surface area contributed by atoms with E-state index in [0.717, 1.165) is 11.3 Å². The maximum atomic E-state index is 9.69. The normalized spacial score (nSPS) is 14.0. The third kappa shape index (κ3) is 3.08. The molecule has 2 heteroatoms. The van der Waals surface area contributed by atoms with E-state index < -0.39 is 12.2 Å². The summed E-state index contributed by atoms with van der Waals surface area (Å²) in [5.41, 5.74) is 0.916. The monoisotopic (exact) mass is 227 g/mol. The molecule has 2 rings (SSSR count). The molecule has 87 valence electrons. The average Bonchev–Trinajstić information content (AvgIpc) is 2.38. The highest BCUT2D eigenvalue weighted by Crippen LogP contribution is 2.24. The molecule has 17 heavy (non-hydrogen) atoms. The number of ether oxygens (including phenoxy) is 1. The molecule has 0 aliphatic heterocycles. The van der Waals surface area contributed by atoms with Crippen molar-refractivity contribution in [1.29, 1.82) is 0 Å². The Kier molecular flexibility index (Phi) is 3.78. The molecule has 2 nitrogen and oxygen atoms in total. The largest absolute Gasteiger partial charge is 0.483 e. The van der Waals surface area contributed by atoms with E-state index in [4.69, 9.17) is 4.74 Å². The number of aliphatic hydroxyl groups is 1. The molecule has 2 unspecified atom stereocenters. The Balaban J connectivity index is 2.20. The van der Waals surface area contributed by atoms with Crippen molar-refractivity contribution >= 4 is 0 Å². The predicted octanol–water partition coefficient (Wildman–Crippen LogP) is 3.00. The quantitative estimate of drug-likeness (QED) is 0.870. The van der Waals surface area contributed by atoms with Gasteiger partial charge in [-0.1, -0.05) is 48.5 Å². The van der Waals surface area contributed by atoms with Crippen LogP contribution in [0.15, 0.2) is 60.7 Å². The highest BCUT2D eigenvalue weighted by Gasteiger charge is 2.18.